The van der Waals surface area contributed by atoms with Gasteiger partial charge in [-0.15, -0.1) is 0 Å². The second kappa shape index (κ2) is 7.41. The first-order chi connectivity index (χ1) is 9.24. The lowest BCUT2D eigenvalue weighted by Crippen LogP contribution is -2.55. The number of nitrogens with two attached hydrogens (primary N) is 1. The molecular formula is C16H33N3O. The van der Waals surface area contributed by atoms with Crippen molar-refractivity contribution in [2.45, 2.75) is 77.9 Å². The second-order valence-corrected chi connectivity index (χ2v) is 7.13. The fraction of sp³-hybridized carbons (Fsp3) is 0.938. The smallest absolute Gasteiger partial charge is 0.237 e. The average Bonchev–Trinajstić information content (AvgIpc) is 3.10. The average molecular weight is 283 g/mol. The maximum atomic E-state index is 11.7. The van der Waals surface area contributed by atoms with Crippen molar-refractivity contribution in [2.24, 2.45) is 11.7 Å². The number of hydrogen-bond acceptors (Lipinski definition) is 3. The monoisotopic (exact) mass is 283 g/mol. The molecule has 1 unspecified atom stereocenters. The fourth-order valence-corrected chi connectivity index (χ4v) is 2.73. The van der Waals surface area contributed by atoms with E-state index in [0.29, 0.717) is 6.04 Å². The molecule has 1 fully saturated rings. The highest BCUT2D eigenvalue weighted by molar-refractivity contribution is 5.84. The summed E-state index contributed by atoms with van der Waals surface area (Å²) < 4.78 is 0. The van der Waals surface area contributed by atoms with Gasteiger partial charge < -0.3 is 16.0 Å². The zero-order valence-corrected chi connectivity index (χ0v) is 13.9. The molecule has 1 rings (SSSR count). The summed E-state index contributed by atoms with van der Waals surface area (Å²) in [5.41, 5.74) is 4.98. The Morgan fingerprint density at radius 3 is 2.35 bits per heavy atom. The molecule has 1 atom stereocenters. The van der Waals surface area contributed by atoms with E-state index in [1.807, 2.05) is 6.92 Å². The molecular weight excluding hydrogens is 250 g/mol. The molecule has 4 nitrogen and oxygen atoms in total. The van der Waals surface area contributed by atoms with Gasteiger partial charge in [0.25, 0.3) is 0 Å². The predicted molar refractivity (Wildman–Crippen MR) is 84.5 cm³/mol. The van der Waals surface area contributed by atoms with Gasteiger partial charge in [0.1, 0.15) is 0 Å². The largest absolute Gasteiger partial charge is 0.368 e. The van der Waals surface area contributed by atoms with Gasteiger partial charge in [0.2, 0.25) is 5.91 Å². The number of amides is 1. The number of hydrogen-bond donors (Lipinski definition) is 2. The molecule has 118 valence electrons. The van der Waals surface area contributed by atoms with Gasteiger partial charge in [0, 0.05) is 18.6 Å². The zero-order valence-electron chi connectivity index (χ0n) is 13.9. The van der Waals surface area contributed by atoms with Crippen LogP contribution in [-0.4, -0.2) is 41.5 Å². The zero-order chi connectivity index (χ0) is 15.3. The summed E-state index contributed by atoms with van der Waals surface area (Å²) in [5.74, 6) is 0.665. The van der Waals surface area contributed by atoms with Crippen LogP contribution in [-0.2, 0) is 4.79 Å². The third kappa shape index (κ3) is 5.80. The highest BCUT2D eigenvalue weighted by Gasteiger charge is 2.31. The number of carbonyl (C=O) groups is 1. The van der Waals surface area contributed by atoms with Crippen LogP contribution >= 0.6 is 0 Å². The van der Waals surface area contributed by atoms with Crippen molar-refractivity contribution in [2.75, 3.05) is 13.1 Å². The lowest BCUT2D eigenvalue weighted by Gasteiger charge is -2.32. The molecule has 0 spiro atoms. The van der Waals surface area contributed by atoms with Crippen molar-refractivity contribution >= 4 is 5.91 Å². The van der Waals surface area contributed by atoms with Crippen molar-refractivity contribution < 1.29 is 4.79 Å². The third-order valence-electron chi connectivity index (χ3n) is 4.19. The summed E-state index contributed by atoms with van der Waals surface area (Å²) in [6, 6.07) is 0.841. The van der Waals surface area contributed by atoms with Gasteiger partial charge in [-0.1, -0.05) is 0 Å². The number of nitrogens with one attached hydrogen (secondary N) is 1. The van der Waals surface area contributed by atoms with E-state index in [0.717, 1.165) is 25.3 Å². The van der Waals surface area contributed by atoms with Crippen molar-refractivity contribution in [3.05, 3.63) is 0 Å². The Balaban J connectivity index is 2.43. The first kappa shape index (κ1) is 17.4. The normalized spacial score (nSPS) is 18.8. The van der Waals surface area contributed by atoms with E-state index in [2.05, 4.69) is 37.9 Å². The Kier molecular flexibility index (Phi) is 6.46. The quantitative estimate of drug-likeness (QED) is 0.646. The summed E-state index contributed by atoms with van der Waals surface area (Å²) in [5, 5.41) is 3.32. The van der Waals surface area contributed by atoms with Gasteiger partial charge >= 0.3 is 0 Å². The number of carbonyl (C=O) groups excluding carboxylic acids is 1. The molecule has 1 amide bonds. The molecule has 20 heavy (non-hydrogen) atoms. The molecule has 0 aromatic heterocycles. The molecule has 1 aliphatic rings. The summed E-state index contributed by atoms with van der Waals surface area (Å²) >= 11 is 0. The van der Waals surface area contributed by atoms with Gasteiger partial charge in [-0.05, 0) is 72.8 Å². The molecule has 1 aliphatic carbocycles. The molecule has 0 saturated heterocycles. The maximum Gasteiger partial charge on any atom is 0.237 e. The van der Waals surface area contributed by atoms with E-state index in [-0.39, 0.29) is 11.9 Å². The molecule has 0 aromatic carbocycles. The van der Waals surface area contributed by atoms with E-state index in [1.54, 1.807) is 0 Å². The van der Waals surface area contributed by atoms with E-state index >= 15 is 0 Å². The van der Waals surface area contributed by atoms with Crippen LogP contribution in [0.25, 0.3) is 0 Å². The summed E-state index contributed by atoms with van der Waals surface area (Å²) in [6.45, 7) is 12.8. The van der Waals surface area contributed by atoms with Gasteiger partial charge in [0.05, 0.1) is 5.54 Å². The molecule has 0 aliphatic heterocycles. The number of primary amides is 1. The fourth-order valence-electron chi connectivity index (χ4n) is 2.73. The minimum Gasteiger partial charge on any atom is -0.368 e. The molecule has 3 N–H and O–H groups in total. The second-order valence-electron chi connectivity index (χ2n) is 7.13. The first-order valence-corrected chi connectivity index (χ1v) is 8.06. The maximum absolute atomic E-state index is 11.7. The SMILES string of the molecule is CC(C)NC(C)(CCCN(CC1CC1)C(C)C)C(N)=O. The molecule has 0 aromatic rings. The van der Waals surface area contributed by atoms with Crippen molar-refractivity contribution in [1.29, 1.82) is 0 Å². The topological polar surface area (TPSA) is 58.4 Å². The lowest BCUT2D eigenvalue weighted by molar-refractivity contribution is -0.124. The Hall–Kier alpha value is -0.610. The van der Waals surface area contributed by atoms with Crippen LogP contribution in [0.3, 0.4) is 0 Å². The Labute approximate surface area is 124 Å². The Morgan fingerprint density at radius 1 is 1.35 bits per heavy atom. The van der Waals surface area contributed by atoms with E-state index in [4.69, 9.17) is 5.73 Å². The van der Waals surface area contributed by atoms with Crippen LogP contribution in [0, 0.1) is 5.92 Å². The first-order valence-electron chi connectivity index (χ1n) is 8.06. The van der Waals surface area contributed by atoms with Gasteiger partial charge in [0.15, 0.2) is 0 Å². The molecule has 0 radical (unpaired) electrons. The summed E-state index contributed by atoms with van der Waals surface area (Å²) in [7, 11) is 0. The van der Waals surface area contributed by atoms with Crippen LogP contribution < -0.4 is 11.1 Å². The van der Waals surface area contributed by atoms with Crippen molar-refractivity contribution in [3.63, 3.8) is 0 Å². The standard InChI is InChI=1S/C16H33N3O/c1-12(2)18-16(5,15(17)20)9-6-10-19(13(3)4)11-14-7-8-14/h12-14,18H,6-11H2,1-5H3,(H2,17,20). The van der Waals surface area contributed by atoms with Crippen LogP contribution in [0.15, 0.2) is 0 Å². The van der Waals surface area contributed by atoms with E-state index in [1.165, 1.54) is 19.4 Å². The highest BCUT2D eigenvalue weighted by Crippen LogP contribution is 2.30. The van der Waals surface area contributed by atoms with Crippen LogP contribution in [0.2, 0.25) is 0 Å². The summed E-state index contributed by atoms with van der Waals surface area (Å²) in [4.78, 5) is 14.2. The Morgan fingerprint density at radius 2 is 1.95 bits per heavy atom. The number of rotatable bonds is 10. The van der Waals surface area contributed by atoms with E-state index in [9.17, 15) is 4.79 Å². The van der Waals surface area contributed by atoms with E-state index < -0.39 is 5.54 Å². The van der Waals surface area contributed by atoms with Gasteiger partial charge in [-0.25, -0.2) is 0 Å². The van der Waals surface area contributed by atoms with Gasteiger partial charge in [-0.3, -0.25) is 4.79 Å². The van der Waals surface area contributed by atoms with Gasteiger partial charge in [-0.2, -0.15) is 0 Å². The van der Waals surface area contributed by atoms with Crippen LogP contribution in [0.4, 0.5) is 0 Å². The highest BCUT2D eigenvalue weighted by atomic mass is 16.1. The Bertz CT molecular complexity index is 313. The molecule has 4 heteroatoms. The molecule has 1 saturated carbocycles. The number of nitrogens with zero attached hydrogens (tertiary/aromatic N) is 1. The van der Waals surface area contributed by atoms with Crippen LogP contribution in [0.5, 0.6) is 0 Å². The minimum atomic E-state index is -0.587. The predicted octanol–water partition coefficient (Wildman–Crippen LogP) is 2.13. The molecule has 0 bridgehead atoms. The third-order valence-corrected chi connectivity index (χ3v) is 4.19. The lowest BCUT2D eigenvalue weighted by atomic mass is 9.93. The van der Waals surface area contributed by atoms with Crippen molar-refractivity contribution in [1.82, 2.24) is 10.2 Å². The van der Waals surface area contributed by atoms with Crippen LogP contribution in [0.1, 0.15) is 60.3 Å². The minimum absolute atomic E-state index is 0.246. The van der Waals surface area contributed by atoms with Crippen molar-refractivity contribution in [3.8, 4) is 0 Å². The summed E-state index contributed by atoms with van der Waals surface area (Å²) in [6.07, 6.45) is 4.58. The molecule has 0 heterocycles.